The Morgan fingerprint density at radius 2 is 2.13 bits per heavy atom. The number of rotatable bonds is 7. The van der Waals surface area contributed by atoms with Crippen LogP contribution in [-0.4, -0.2) is 33.2 Å². The molecule has 2 aromatic heterocycles. The van der Waals surface area contributed by atoms with Gasteiger partial charge in [-0.2, -0.15) is 0 Å². The van der Waals surface area contributed by atoms with E-state index in [0.29, 0.717) is 18.7 Å². The molecule has 3 aromatic rings. The molecule has 23 heavy (non-hydrogen) atoms. The number of carbonyl (C=O) groups excluding carboxylic acids is 1. The van der Waals surface area contributed by atoms with Crippen LogP contribution in [0.1, 0.15) is 11.4 Å². The molecule has 0 unspecified atom stereocenters. The first-order valence-electron chi connectivity index (χ1n) is 7.48. The zero-order chi connectivity index (χ0) is 15.9. The summed E-state index contributed by atoms with van der Waals surface area (Å²) >= 11 is 1.59. The Kier molecular flexibility index (Phi) is 5.26. The number of pyridine rings is 1. The second-order valence-electron chi connectivity index (χ2n) is 5.15. The standard InChI is InChI=1S/C17H18N4OS/c22-17(12-23-11-13-4-3-8-18-10-13)19-9-7-16-20-14-5-1-2-6-15(14)21-16/h1-6,8,10H,7,9,11-12H2,(H,19,22)(H,20,21). The Labute approximate surface area is 138 Å². The van der Waals surface area contributed by atoms with Gasteiger partial charge in [-0.05, 0) is 23.8 Å². The van der Waals surface area contributed by atoms with Crippen molar-refractivity contribution in [3.05, 3.63) is 60.2 Å². The van der Waals surface area contributed by atoms with E-state index < -0.39 is 0 Å². The topological polar surface area (TPSA) is 70.7 Å². The van der Waals surface area contributed by atoms with E-state index >= 15 is 0 Å². The van der Waals surface area contributed by atoms with Crippen molar-refractivity contribution in [3.8, 4) is 0 Å². The summed E-state index contributed by atoms with van der Waals surface area (Å²) in [6.07, 6.45) is 4.28. The van der Waals surface area contributed by atoms with Crippen molar-refractivity contribution in [2.24, 2.45) is 0 Å². The van der Waals surface area contributed by atoms with Crippen LogP contribution in [0.5, 0.6) is 0 Å². The van der Waals surface area contributed by atoms with Crippen molar-refractivity contribution in [2.45, 2.75) is 12.2 Å². The molecule has 0 fully saturated rings. The summed E-state index contributed by atoms with van der Waals surface area (Å²) < 4.78 is 0. The van der Waals surface area contributed by atoms with Gasteiger partial charge in [0, 0.05) is 31.1 Å². The fraction of sp³-hybridized carbons (Fsp3) is 0.235. The third-order valence-electron chi connectivity index (χ3n) is 3.35. The highest BCUT2D eigenvalue weighted by Crippen LogP contribution is 2.11. The highest BCUT2D eigenvalue weighted by molar-refractivity contribution is 7.99. The van der Waals surface area contributed by atoms with E-state index in [-0.39, 0.29) is 5.91 Å². The smallest absolute Gasteiger partial charge is 0.230 e. The minimum atomic E-state index is 0.0509. The molecule has 0 radical (unpaired) electrons. The molecule has 6 heteroatoms. The Morgan fingerprint density at radius 3 is 2.96 bits per heavy atom. The number of nitrogens with one attached hydrogen (secondary N) is 2. The SMILES string of the molecule is O=C(CSCc1cccnc1)NCCc1nc2ccccc2[nH]1. The minimum absolute atomic E-state index is 0.0509. The van der Waals surface area contributed by atoms with Gasteiger partial charge in [-0.1, -0.05) is 18.2 Å². The highest BCUT2D eigenvalue weighted by atomic mass is 32.2. The van der Waals surface area contributed by atoms with Crippen LogP contribution in [0.4, 0.5) is 0 Å². The van der Waals surface area contributed by atoms with E-state index in [2.05, 4.69) is 20.3 Å². The van der Waals surface area contributed by atoms with Crippen LogP contribution < -0.4 is 5.32 Å². The van der Waals surface area contributed by atoms with Gasteiger partial charge in [0.15, 0.2) is 0 Å². The Hall–Kier alpha value is -2.34. The van der Waals surface area contributed by atoms with Crippen LogP contribution >= 0.6 is 11.8 Å². The molecule has 0 saturated carbocycles. The fourth-order valence-corrected chi connectivity index (χ4v) is 3.04. The number of fused-ring (bicyclic) bond motifs is 1. The number of hydrogen-bond donors (Lipinski definition) is 2. The van der Waals surface area contributed by atoms with Gasteiger partial charge in [0.1, 0.15) is 5.82 Å². The van der Waals surface area contributed by atoms with Crippen molar-refractivity contribution in [1.29, 1.82) is 0 Å². The average molecular weight is 326 g/mol. The number of hydrogen-bond acceptors (Lipinski definition) is 4. The van der Waals surface area contributed by atoms with Gasteiger partial charge in [-0.15, -0.1) is 11.8 Å². The lowest BCUT2D eigenvalue weighted by atomic mass is 10.3. The first-order valence-corrected chi connectivity index (χ1v) is 8.64. The van der Waals surface area contributed by atoms with E-state index in [1.165, 1.54) is 0 Å². The minimum Gasteiger partial charge on any atom is -0.355 e. The second-order valence-corrected chi connectivity index (χ2v) is 6.14. The number of aromatic nitrogens is 3. The molecule has 0 aliphatic heterocycles. The molecule has 0 bridgehead atoms. The number of amides is 1. The van der Waals surface area contributed by atoms with E-state index in [1.54, 1.807) is 18.0 Å². The molecule has 5 nitrogen and oxygen atoms in total. The third-order valence-corrected chi connectivity index (χ3v) is 4.35. The molecule has 1 aromatic carbocycles. The molecule has 3 rings (SSSR count). The van der Waals surface area contributed by atoms with Crippen molar-refractivity contribution < 1.29 is 4.79 Å². The summed E-state index contributed by atoms with van der Waals surface area (Å²) in [6.45, 7) is 0.589. The Balaban J connectivity index is 1.37. The molecule has 0 saturated heterocycles. The Morgan fingerprint density at radius 1 is 1.22 bits per heavy atom. The van der Waals surface area contributed by atoms with Crippen LogP contribution in [0.2, 0.25) is 0 Å². The molecule has 0 aliphatic carbocycles. The number of nitrogens with zero attached hydrogens (tertiary/aromatic N) is 2. The number of benzene rings is 1. The van der Waals surface area contributed by atoms with E-state index in [0.717, 1.165) is 28.2 Å². The van der Waals surface area contributed by atoms with E-state index in [4.69, 9.17) is 0 Å². The van der Waals surface area contributed by atoms with Crippen LogP contribution in [0, 0.1) is 0 Å². The second kappa shape index (κ2) is 7.78. The van der Waals surface area contributed by atoms with Gasteiger partial charge in [0.25, 0.3) is 0 Å². The molecular formula is C17H18N4OS. The molecule has 1 amide bonds. The lowest BCUT2D eigenvalue weighted by molar-refractivity contribution is -0.118. The molecule has 0 aliphatic rings. The van der Waals surface area contributed by atoms with Crippen LogP contribution in [0.3, 0.4) is 0 Å². The van der Waals surface area contributed by atoms with Gasteiger partial charge >= 0.3 is 0 Å². The lowest BCUT2D eigenvalue weighted by Crippen LogP contribution is -2.27. The van der Waals surface area contributed by atoms with Gasteiger partial charge in [-0.25, -0.2) is 4.98 Å². The number of thioether (sulfide) groups is 1. The molecular weight excluding hydrogens is 308 g/mol. The third kappa shape index (κ3) is 4.56. The molecule has 2 heterocycles. The summed E-state index contributed by atoms with van der Waals surface area (Å²) in [5.74, 6) is 2.20. The molecule has 0 spiro atoms. The first-order chi connectivity index (χ1) is 11.3. The van der Waals surface area contributed by atoms with Crippen molar-refractivity contribution in [2.75, 3.05) is 12.3 Å². The first kappa shape index (κ1) is 15.6. The van der Waals surface area contributed by atoms with Crippen LogP contribution in [0.25, 0.3) is 11.0 Å². The lowest BCUT2D eigenvalue weighted by Gasteiger charge is -2.04. The maximum absolute atomic E-state index is 11.8. The van der Waals surface area contributed by atoms with Crippen molar-refractivity contribution in [1.82, 2.24) is 20.3 Å². The normalized spacial score (nSPS) is 10.8. The predicted octanol–water partition coefficient (Wildman–Crippen LogP) is 2.55. The number of imidazole rings is 1. The van der Waals surface area contributed by atoms with Crippen molar-refractivity contribution in [3.63, 3.8) is 0 Å². The maximum Gasteiger partial charge on any atom is 0.230 e. The fourth-order valence-electron chi connectivity index (χ4n) is 2.24. The monoisotopic (exact) mass is 326 g/mol. The van der Waals surface area contributed by atoms with Gasteiger partial charge in [0.05, 0.1) is 16.8 Å². The van der Waals surface area contributed by atoms with Crippen LogP contribution in [0.15, 0.2) is 48.8 Å². The van der Waals surface area contributed by atoms with Gasteiger partial charge in [0.2, 0.25) is 5.91 Å². The Bertz CT molecular complexity index is 739. The summed E-state index contributed by atoms with van der Waals surface area (Å²) in [7, 11) is 0. The molecule has 0 atom stereocenters. The number of H-pyrrole nitrogens is 1. The van der Waals surface area contributed by atoms with E-state index in [9.17, 15) is 4.79 Å². The van der Waals surface area contributed by atoms with Gasteiger partial charge in [-0.3, -0.25) is 9.78 Å². The summed E-state index contributed by atoms with van der Waals surface area (Å²) in [4.78, 5) is 23.6. The van der Waals surface area contributed by atoms with E-state index in [1.807, 2.05) is 42.6 Å². The zero-order valence-electron chi connectivity index (χ0n) is 12.7. The summed E-state index contributed by atoms with van der Waals surface area (Å²) in [5, 5.41) is 2.93. The largest absolute Gasteiger partial charge is 0.355 e. The van der Waals surface area contributed by atoms with Crippen molar-refractivity contribution >= 4 is 28.7 Å². The maximum atomic E-state index is 11.8. The number of para-hydroxylation sites is 2. The zero-order valence-corrected chi connectivity index (χ0v) is 13.5. The highest BCUT2D eigenvalue weighted by Gasteiger charge is 2.04. The van der Waals surface area contributed by atoms with Crippen LogP contribution in [-0.2, 0) is 17.0 Å². The predicted molar refractivity (Wildman–Crippen MR) is 93.2 cm³/mol. The number of aromatic amines is 1. The average Bonchev–Trinajstić information content (AvgIpc) is 2.98. The molecule has 118 valence electrons. The van der Waals surface area contributed by atoms with Gasteiger partial charge < -0.3 is 10.3 Å². The summed E-state index contributed by atoms with van der Waals surface area (Å²) in [5.41, 5.74) is 3.12. The summed E-state index contributed by atoms with van der Waals surface area (Å²) in [6, 6.07) is 11.8. The molecule has 2 N–H and O–H groups in total. The quantitative estimate of drug-likeness (QED) is 0.700. The number of carbonyl (C=O) groups is 1.